The van der Waals surface area contributed by atoms with E-state index in [1.165, 1.54) is 6.54 Å². The predicted molar refractivity (Wildman–Crippen MR) is 74.2 cm³/mol. The highest BCUT2D eigenvalue weighted by Gasteiger charge is 2.33. The second kappa shape index (κ2) is 5.71. The van der Waals surface area contributed by atoms with Crippen LogP contribution in [-0.2, 0) is 0 Å². The second-order valence-corrected chi connectivity index (χ2v) is 7.48. The van der Waals surface area contributed by atoms with Gasteiger partial charge in [0.05, 0.1) is 5.60 Å². The zero-order valence-corrected chi connectivity index (χ0v) is 12.4. The normalized spacial score (nSPS) is 22.1. The standard InChI is InChI=1S/C15H31NO/c1-13(2)12-16-10-8-15(17,9-11-16)7-6-14(3,4)5/h13,17H,6-12H2,1-5H3. The maximum Gasteiger partial charge on any atom is 0.0672 e. The van der Waals surface area contributed by atoms with E-state index >= 15 is 0 Å². The number of hydrogen-bond donors (Lipinski definition) is 1. The van der Waals surface area contributed by atoms with Crippen molar-refractivity contribution in [2.24, 2.45) is 11.3 Å². The minimum Gasteiger partial charge on any atom is -0.390 e. The molecule has 1 rings (SSSR count). The highest BCUT2D eigenvalue weighted by molar-refractivity contribution is 4.87. The third-order valence-electron chi connectivity index (χ3n) is 3.75. The Morgan fingerprint density at radius 1 is 1.18 bits per heavy atom. The van der Waals surface area contributed by atoms with Gasteiger partial charge in [-0.1, -0.05) is 34.6 Å². The highest BCUT2D eigenvalue weighted by Crippen LogP contribution is 2.32. The van der Waals surface area contributed by atoms with Gasteiger partial charge in [0.15, 0.2) is 0 Å². The first-order valence-electron chi connectivity index (χ1n) is 7.15. The Morgan fingerprint density at radius 2 is 1.71 bits per heavy atom. The Morgan fingerprint density at radius 3 is 2.12 bits per heavy atom. The van der Waals surface area contributed by atoms with Crippen LogP contribution < -0.4 is 0 Å². The molecule has 0 aromatic heterocycles. The highest BCUT2D eigenvalue weighted by atomic mass is 16.3. The Balaban J connectivity index is 2.33. The van der Waals surface area contributed by atoms with Crippen molar-refractivity contribution in [1.29, 1.82) is 0 Å². The molecule has 1 aliphatic rings. The number of rotatable bonds is 4. The van der Waals surface area contributed by atoms with Crippen LogP contribution in [0.4, 0.5) is 0 Å². The van der Waals surface area contributed by atoms with Gasteiger partial charge in [0.1, 0.15) is 0 Å². The summed E-state index contributed by atoms with van der Waals surface area (Å²) in [4.78, 5) is 2.50. The van der Waals surface area contributed by atoms with Crippen molar-refractivity contribution in [1.82, 2.24) is 4.90 Å². The van der Waals surface area contributed by atoms with E-state index < -0.39 is 0 Å². The van der Waals surface area contributed by atoms with Crippen LogP contribution in [0.1, 0.15) is 60.3 Å². The molecule has 0 amide bonds. The van der Waals surface area contributed by atoms with Crippen LogP contribution in [0.15, 0.2) is 0 Å². The molecule has 1 aliphatic heterocycles. The van der Waals surface area contributed by atoms with Crippen molar-refractivity contribution in [3.63, 3.8) is 0 Å². The number of aliphatic hydroxyl groups is 1. The van der Waals surface area contributed by atoms with E-state index in [0.29, 0.717) is 5.41 Å². The van der Waals surface area contributed by atoms with Gasteiger partial charge in [0.25, 0.3) is 0 Å². The van der Waals surface area contributed by atoms with Crippen LogP contribution in [0, 0.1) is 11.3 Å². The van der Waals surface area contributed by atoms with Crippen LogP contribution >= 0.6 is 0 Å². The molecule has 17 heavy (non-hydrogen) atoms. The lowest BCUT2D eigenvalue weighted by Gasteiger charge is -2.40. The topological polar surface area (TPSA) is 23.5 Å². The van der Waals surface area contributed by atoms with Gasteiger partial charge in [0, 0.05) is 19.6 Å². The third kappa shape index (κ3) is 5.87. The summed E-state index contributed by atoms with van der Waals surface area (Å²) in [6.45, 7) is 14.6. The smallest absolute Gasteiger partial charge is 0.0672 e. The van der Waals surface area contributed by atoms with Gasteiger partial charge in [-0.25, -0.2) is 0 Å². The van der Waals surface area contributed by atoms with Crippen molar-refractivity contribution in [2.45, 2.75) is 65.9 Å². The van der Waals surface area contributed by atoms with E-state index in [-0.39, 0.29) is 5.60 Å². The molecule has 102 valence electrons. The summed E-state index contributed by atoms with van der Waals surface area (Å²) in [5.74, 6) is 0.732. The number of hydrogen-bond acceptors (Lipinski definition) is 2. The van der Waals surface area contributed by atoms with Gasteiger partial charge in [-0.15, -0.1) is 0 Å². The first-order valence-corrected chi connectivity index (χ1v) is 7.15. The molecule has 0 atom stereocenters. The SMILES string of the molecule is CC(C)CN1CCC(O)(CCC(C)(C)C)CC1. The lowest BCUT2D eigenvalue weighted by atomic mass is 9.80. The summed E-state index contributed by atoms with van der Waals surface area (Å²) in [5, 5.41) is 10.6. The van der Waals surface area contributed by atoms with Gasteiger partial charge >= 0.3 is 0 Å². The zero-order chi connectivity index (χ0) is 13.1. The molecule has 0 aliphatic carbocycles. The molecular formula is C15H31NO. The Hall–Kier alpha value is -0.0800. The number of piperidine rings is 1. The van der Waals surface area contributed by atoms with E-state index in [1.807, 2.05) is 0 Å². The number of nitrogens with zero attached hydrogens (tertiary/aromatic N) is 1. The predicted octanol–water partition coefficient (Wildman–Crippen LogP) is 3.30. The van der Waals surface area contributed by atoms with E-state index in [4.69, 9.17) is 0 Å². The van der Waals surface area contributed by atoms with Crippen molar-refractivity contribution in [3.05, 3.63) is 0 Å². The first kappa shape index (κ1) is 15.0. The quantitative estimate of drug-likeness (QED) is 0.816. The van der Waals surface area contributed by atoms with E-state index in [1.54, 1.807) is 0 Å². The fourth-order valence-corrected chi connectivity index (χ4v) is 2.53. The summed E-state index contributed by atoms with van der Waals surface area (Å²) in [7, 11) is 0. The second-order valence-electron chi connectivity index (χ2n) is 7.48. The zero-order valence-electron chi connectivity index (χ0n) is 12.4. The molecule has 0 spiro atoms. The monoisotopic (exact) mass is 241 g/mol. The van der Waals surface area contributed by atoms with E-state index in [0.717, 1.165) is 44.7 Å². The van der Waals surface area contributed by atoms with Gasteiger partial charge in [-0.2, -0.15) is 0 Å². The Bertz CT molecular complexity index is 222. The minimum atomic E-state index is -0.388. The molecule has 2 heteroatoms. The summed E-state index contributed by atoms with van der Waals surface area (Å²) >= 11 is 0. The van der Waals surface area contributed by atoms with Crippen LogP contribution in [-0.4, -0.2) is 35.2 Å². The molecule has 0 saturated carbocycles. The van der Waals surface area contributed by atoms with E-state index in [2.05, 4.69) is 39.5 Å². The molecule has 1 fully saturated rings. The van der Waals surface area contributed by atoms with Gasteiger partial charge in [-0.05, 0) is 37.0 Å². The Kier molecular flexibility index (Phi) is 5.03. The van der Waals surface area contributed by atoms with Crippen LogP contribution in [0.5, 0.6) is 0 Å². The Labute approximate surface area is 107 Å². The first-order chi connectivity index (χ1) is 7.70. The summed E-state index contributed by atoms with van der Waals surface area (Å²) in [5.41, 5.74) is -0.0500. The lowest BCUT2D eigenvalue weighted by Crippen LogP contribution is -2.45. The molecule has 1 heterocycles. The van der Waals surface area contributed by atoms with Crippen molar-refractivity contribution in [3.8, 4) is 0 Å². The third-order valence-corrected chi connectivity index (χ3v) is 3.75. The van der Waals surface area contributed by atoms with Gasteiger partial charge in [0.2, 0.25) is 0 Å². The maximum absolute atomic E-state index is 10.6. The molecule has 0 unspecified atom stereocenters. The van der Waals surface area contributed by atoms with Gasteiger partial charge < -0.3 is 10.0 Å². The van der Waals surface area contributed by atoms with E-state index in [9.17, 15) is 5.11 Å². The van der Waals surface area contributed by atoms with Crippen molar-refractivity contribution >= 4 is 0 Å². The molecular weight excluding hydrogens is 210 g/mol. The molecule has 0 radical (unpaired) electrons. The molecule has 0 aromatic carbocycles. The minimum absolute atomic E-state index is 0.338. The summed E-state index contributed by atoms with van der Waals surface area (Å²) in [6, 6.07) is 0. The van der Waals surface area contributed by atoms with Crippen LogP contribution in [0.25, 0.3) is 0 Å². The molecule has 1 saturated heterocycles. The van der Waals surface area contributed by atoms with Crippen molar-refractivity contribution in [2.75, 3.05) is 19.6 Å². The van der Waals surface area contributed by atoms with Gasteiger partial charge in [-0.3, -0.25) is 0 Å². The summed E-state index contributed by atoms with van der Waals surface area (Å²) < 4.78 is 0. The molecule has 0 bridgehead atoms. The average Bonchev–Trinajstić information content (AvgIpc) is 2.18. The fourth-order valence-electron chi connectivity index (χ4n) is 2.53. The number of likely N-dealkylation sites (tertiary alicyclic amines) is 1. The fraction of sp³-hybridized carbons (Fsp3) is 1.00. The largest absolute Gasteiger partial charge is 0.390 e. The average molecular weight is 241 g/mol. The lowest BCUT2D eigenvalue weighted by molar-refractivity contribution is -0.0361. The maximum atomic E-state index is 10.6. The molecule has 1 N–H and O–H groups in total. The van der Waals surface area contributed by atoms with Crippen LogP contribution in [0.2, 0.25) is 0 Å². The summed E-state index contributed by atoms with van der Waals surface area (Å²) in [6.07, 6.45) is 3.99. The van der Waals surface area contributed by atoms with Crippen molar-refractivity contribution < 1.29 is 5.11 Å². The molecule has 0 aromatic rings. The van der Waals surface area contributed by atoms with Crippen LogP contribution in [0.3, 0.4) is 0 Å². The molecule has 2 nitrogen and oxygen atoms in total.